The number of nitrogens with zero attached hydrogens (tertiary/aromatic N) is 1. The van der Waals surface area contributed by atoms with Crippen molar-refractivity contribution < 1.29 is 0 Å². The summed E-state index contributed by atoms with van der Waals surface area (Å²) in [6.45, 7) is 6.74. The molecule has 0 N–H and O–H groups in total. The van der Waals surface area contributed by atoms with Crippen LogP contribution >= 0.6 is 43.8 Å². The smallest absolute Gasteiger partial charge is 0.0398 e. The third-order valence-corrected chi connectivity index (χ3v) is 15.0. The van der Waals surface area contributed by atoms with Gasteiger partial charge in [0.25, 0.3) is 0 Å². The van der Waals surface area contributed by atoms with Gasteiger partial charge in [-0.25, -0.2) is 4.40 Å². The maximum absolute atomic E-state index is 4.45. The molecule has 6 heteroatoms. The fraction of sp³-hybridized carbons (Fsp3) is 0.500. The van der Waals surface area contributed by atoms with E-state index in [1.165, 1.54) is 10.2 Å². The molecule has 0 aromatic carbocycles. The zero-order valence-corrected chi connectivity index (χ0v) is 13.8. The molecule has 0 saturated heterocycles. The van der Waals surface area contributed by atoms with Gasteiger partial charge in [-0.1, -0.05) is 28.7 Å². The van der Waals surface area contributed by atoms with Gasteiger partial charge in [0.15, 0.2) is 0 Å². The highest BCUT2D eigenvalue weighted by molar-refractivity contribution is 8.65. The minimum atomic E-state index is -0.116. The molecule has 0 saturated carbocycles. The lowest BCUT2D eigenvalue weighted by Crippen LogP contribution is -2.09. The van der Waals surface area contributed by atoms with Crippen LogP contribution in [0.3, 0.4) is 0 Å². The van der Waals surface area contributed by atoms with E-state index in [0.29, 0.717) is 0 Å². The fourth-order valence-corrected chi connectivity index (χ4v) is 9.58. The molecule has 80 valence electrons. The SMILES string of the molecule is C=S1N=CC(C(C)(C)C)=C1P(P)PP. The van der Waals surface area contributed by atoms with Crippen LogP contribution in [0.4, 0.5) is 0 Å². The molecule has 5 atom stereocenters. The third kappa shape index (κ3) is 2.93. The van der Waals surface area contributed by atoms with Crippen molar-refractivity contribution in [2.45, 2.75) is 20.8 Å². The van der Waals surface area contributed by atoms with E-state index in [-0.39, 0.29) is 23.4 Å². The summed E-state index contributed by atoms with van der Waals surface area (Å²) in [4.78, 5) is 0. The normalized spacial score (nSPS) is 25.4. The molecule has 0 aromatic rings. The summed E-state index contributed by atoms with van der Waals surface area (Å²) in [7, 11) is 6.48. The first-order chi connectivity index (χ1) is 6.38. The van der Waals surface area contributed by atoms with Gasteiger partial charge < -0.3 is 0 Å². The van der Waals surface area contributed by atoms with Crippen LogP contribution in [-0.2, 0) is 0 Å². The molecule has 14 heavy (non-hydrogen) atoms. The average Bonchev–Trinajstić information content (AvgIpc) is 2.45. The molecule has 0 amide bonds. The van der Waals surface area contributed by atoms with Crippen molar-refractivity contribution in [3.8, 4) is 0 Å². The predicted molar refractivity (Wildman–Crippen MR) is 84.3 cm³/mol. The number of hydrogen-bond donors (Lipinski definition) is 0. The zero-order valence-electron chi connectivity index (χ0n) is 8.74. The lowest BCUT2D eigenvalue weighted by Gasteiger charge is -2.23. The zero-order chi connectivity index (χ0) is 10.9. The molecule has 1 aliphatic rings. The summed E-state index contributed by atoms with van der Waals surface area (Å²) in [6, 6.07) is 0. The van der Waals surface area contributed by atoms with E-state index in [1.54, 1.807) is 0 Å². The molecule has 0 spiro atoms. The molecule has 0 bridgehead atoms. The molecule has 5 unspecified atom stereocenters. The Hall–Kier alpha value is 1.35. The van der Waals surface area contributed by atoms with Crippen LogP contribution in [0.2, 0.25) is 0 Å². The summed E-state index contributed by atoms with van der Waals surface area (Å²) >= 11 is 0. The van der Waals surface area contributed by atoms with E-state index in [0.717, 1.165) is 7.96 Å². The molecular weight excluding hydrogens is 266 g/mol. The van der Waals surface area contributed by atoms with Crippen LogP contribution in [0, 0.1) is 5.41 Å². The highest BCUT2D eigenvalue weighted by Crippen LogP contribution is 2.76. The standard InChI is InChI=1S/C8H17NP4S/c1-8(2,3)6-5-9-14(4)7(6)13(11)12-10/h5,12H,4,10-11H2,1-3H3. The van der Waals surface area contributed by atoms with E-state index >= 15 is 0 Å². The molecule has 0 aromatic heterocycles. The second kappa shape index (κ2) is 5.12. The third-order valence-electron chi connectivity index (χ3n) is 1.93. The van der Waals surface area contributed by atoms with Gasteiger partial charge in [0.05, 0.1) is 0 Å². The molecule has 0 aliphatic carbocycles. The Kier molecular flexibility index (Phi) is 4.91. The van der Waals surface area contributed by atoms with Crippen LogP contribution in [-0.4, -0.2) is 12.1 Å². The Morgan fingerprint density at radius 1 is 1.57 bits per heavy atom. The van der Waals surface area contributed by atoms with Crippen molar-refractivity contribution in [1.29, 1.82) is 0 Å². The predicted octanol–water partition coefficient (Wildman–Crippen LogP) is 4.60. The lowest BCUT2D eigenvalue weighted by atomic mass is 9.88. The Morgan fingerprint density at radius 3 is 2.57 bits per heavy atom. The van der Waals surface area contributed by atoms with E-state index in [4.69, 9.17) is 0 Å². The first-order valence-electron chi connectivity index (χ1n) is 4.22. The summed E-state index contributed by atoms with van der Waals surface area (Å²) in [6.07, 6.45) is 2.04. The first-order valence-corrected chi connectivity index (χ1v) is 12.2. The first kappa shape index (κ1) is 13.4. The Morgan fingerprint density at radius 2 is 2.14 bits per heavy atom. The van der Waals surface area contributed by atoms with E-state index < -0.39 is 0 Å². The van der Waals surface area contributed by atoms with Gasteiger partial charge in [-0.05, 0) is 34.8 Å². The Labute approximate surface area is 96.7 Å². The van der Waals surface area contributed by atoms with Gasteiger partial charge in [0, 0.05) is 10.9 Å². The second-order valence-corrected chi connectivity index (χ2v) is 14.8. The van der Waals surface area contributed by atoms with Gasteiger partial charge in [-0.3, -0.25) is 0 Å². The maximum Gasteiger partial charge on any atom is 0.0398 e. The molecule has 1 aliphatic heterocycles. The average molecular weight is 283 g/mol. The monoisotopic (exact) mass is 283 g/mol. The fourth-order valence-electron chi connectivity index (χ4n) is 1.16. The minimum absolute atomic E-state index is 0.111. The topological polar surface area (TPSA) is 12.4 Å². The minimum Gasteiger partial charge on any atom is -0.227 e. The van der Waals surface area contributed by atoms with Crippen LogP contribution in [0.1, 0.15) is 20.8 Å². The van der Waals surface area contributed by atoms with E-state index in [2.05, 4.69) is 48.9 Å². The van der Waals surface area contributed by atoms with Crippen molar-refractivity contribution in [2.24, 2.45) is 9.81 Å². The Bertz CT molecular complexity index is 316. The summed E-state index contributed by atoms with van der Waals surface area (Å²) in [5, 5.41) is 0. The van der Waals surface area contributed by atoms with E-state index in [1.807, 2.05) is 6.21 Å². The van der Waals surface area contributed by atoms with Crippen molar-refractivity contribution in [3.63, 3.8) is 0 Å². The highest BCUT2D eigenvalue weighted by atomic mass is 32.6. The van der Waals surface area contributed by atoms with Crippen LogP contribution in [0.15, 0.2) is 14.6 Å². The molecular formula is C8H17NP4S. The molecule has 1 nitrogen and oxygen atoms in total. The van der Waals surface area contributed by atoms with Gasteiger partial charge in [-0.2, -0.15) is 0 Å². The van der Waals surface area contributed by atoms with Gasteiger partial charge in [0.2, 0.25) is 0 Å². The Balaban J connectivity index is 3.14. The van der Waals surface area contributed by atoms with E-state index in [9.17, 15) is 0 Å². The van der Waals surface area contributed by atoms with Crippen molar-refractivity contribution >= 4 is 55.9 Å². The highest BCUT2D eigenvalue weighted by Gasteiger charge is 2.27. The molecule has 0 radical (unpaired) electrons. The van der Waals surface area contributed by atoms with Crippen LogP contribution in [0.25, 0.3) is 0 Å². The van der Waals surface area contributed by atoms with Crippen LogP contribution in [0.5, 0.6) is 0 Å². The van der Waals surface area contributed by atoms with Gasteiger partial charge in [-0.15, -0.1) is 17.9 Å². The molecule has 1 heterocycles. The summed E-state index contributed by atoms with van der Waals surface area (Å²) in [5.41, 5.74) is 1.62. The van der Waals surface area contributed by atoms with Gasteiger partial charge >= 0.3 is 0 Å². The largest absolute Gasteiger partial charge is 0.227 e. The van der Waals surface area contributed by atoms with Gasteiger partial charge in [0.1, 0.15) is 0 Å². The quantitative estimate of drug-likeness (QED) is 0.519. The van der Waals surface area contributed by atoms with Crippen molar-refractivity contribution in [1.82, 2.24) is 0 Å². The molecule has 0 fully saturated rings. The number of allylic oxidation sites excluding steroid dienone is 1. The molecule has 1 rings (SSSR count). The van der Waals surface area contributed by atoms with Crippen molar-refractivity contribution in [2.75, 3.05) is 0 Å². The summed E-state index contributed by atoms with van der Waals surface area (Å²) < 4.78 is 5.94. The lowest BCUT2D eigenvalue weighted by molar-refractivity contribution is 0.527. The van der Waals surface area contributed by atoms with Crippen molar-refractivity contribution in [3.05, 3.63) is 10.2 Å². The number of rotatable bonds is 2. The second-order valence-electron chi connectivity index (χ2n) is 4.07. The summed E-state index contributed by atoms with van der Waals surface area (Å²) in [5.74, 6) is 4.12. The maximum atomic E-state index is 4.45. The number of hydrogen-bond acceptors (Lipinski definition) is 1. The van der Waals surface area contributed by atoms with Crippen LogP contribution < -0.4 is 0 Å².